The quantitative estimate of drug-likeness (QED) is 0.583. The molecule has 1 fully saturated rings. The molecule has 0 aromatic carbocycles. The van der Waals surface area contributed by atoms with Gasteiger partial charge in [-0.3, -0.25) is 4.40 Å². The molecule has 0 unspecified atom stereocenters. The van der Waals surface area contributed by atoms with Gasteiger partial charge >= 0.3 is 0 Å². The number of aromatic amines is 1. The van der Waals surface area contributed by atoms with Gasteiger partial charge in [-0.05, 0) is 24.8 Å². The van der Waals surface area contributed by atoms with Crippen molar-refractivity contribution in [3.8, 4) is 11.9 Å². The van der Waals surface area contributed by atoms with Gasteiger partial charge in [-0.2, -0.15) is 5.26 Å². The highest BCUT2D eigenvalue weighted by Crippen LogP contribution is 2.42. The van der Waals surface area contributed by atoms with Crippen LogP contribution in [0.5, 0.6) is 5.88 Å². The number of rotatable bonds is 4. The molecule has 9 nitrogen and oxygen atoms in total. The highest BCUT2D eigenvalue weighted by Gasteiger charge is 2.38. The summed E-state index contributed by atoms with van der Waals surface area (Å²) in [5.74, 6) is 2.07. The van der Waals surface area contributed by atoms with Crippen LogP contribution in [0, 0.1) is 17.2 Å². The Morgan fingerprint density at radius 1 is 1.21 bits per heavy atom. The predicted molar refractivity (Wildman–Crippen MR) is 99.6 cm³/mol. The first kappa shape index (κ1) is 16.6. The highest BCUT2D eigenvalue weighted by molar-refractivity contribution is 5.74. The minimum Gasteiger partial charge on any atom is -0.473 e. The van der Waals surface area contributed by atoms with Crippen molar-refractivity contribution < 1.29 is 4.74 Å². The lowest BCUT2D eigenvalue weighted by Gasteiger charge is -2.15. The van der Waals surface area contributed by atoms with Crippen LogP contribution in [0.25, 0.3) is 16.8 Å². The van der Waals surface area contributed by atoms with Crippen LogP contribution >= 0.6 is 0 Å². The van der Waals surface area contributed by atoms with E-state index in [1.54, 1.807) is 6.20 Å². The minimum absolute atomic E-state index is 0.0214. The zero-order chi connectivity index (χ0) is 19.1. The van der Waals surface area contributed by atoms with Crippen molar-refractivity contribution >= 4 is 16.8 Å². The summed E-state index contributed by atoms with van der Waals surface area (Å²) in [5.41, 5.74) is 2.83. The van der Waals surface area contributed by atoms with Crippen LogP contribution in [0.1, 0.15) is 43.6 Å². The second-order valence-electron chi connectivity index (χ2n) is 7.06. The van der Waals surface area contributed by atoms with E-state index < -0.39 is 0 Å². The standard InChI is InChI=1S/C19H18N8O/c1-2-11-5-13(28-17-10-22-12(7-20)8-23-17)6-14(11)19-26-25-16-9-24-18-15(27(16)19)3-4-21-18/h3-4,8-11,13-14,21H,2,5-6H2,1H3/t11-,13+,14+/m0/s1. The van der Waals surface area contributed by atoms with Crippen molar-refractivity contribution in [2.45, 2.75) is 38.2 Å². The van der Waals surface area contributed by atoms with Gasteiger partial charge in [0.15, 0.2) is 17.0 Å². The predicted octanol–water partition coefficient (Wildman–Crippen LogP) is 2.62. The van der Waals surface area contributed by atoms with Crippen LogP contribution in [0.4, 0.5) is 0 Å². The number of nitriles is 1. The molecule has 0 spiro atoms. The topological polar surface area (TPSA) is 118 Å². The Bertz CT molecular complexity index is 1170. The highest BCUT2D eigenvalue weighted by atomic mass is 16.5. The van der Waals surface area contributed by atoms with Gasteiger partial charge < -0.3 is 9.72 Å². The molecule has 0 amide bonds. The van der Waals surface area contributed by atoms with Gasteiger partial charge in [-0.15, -0.1) is 10.2 Å². The molecule has 0 saturated heterocycles. The normalized spacial score (nSPS) is 21.9. The summed E-state index contributed by atoms with van der Waals surface area (Å²) in [7, 11) is 0. The van der Waals surface area contributed by atoms with Gasteiger partial charge in [0.1, 0.15) is 18.0 Å². The Balaban J connectivity index is 1.46. The van der Waals surface area contributed by atoms with Crippen LogP contribution in [0.3, 0.4) is 0 Å². The van der Waals surface area contributed by atoms with Crippen molar-refractivity contribution in [3.63, 3.8) is 0 Å². The molecule has 0 radical (unpaired) electrons. The van der Waals surface area contributed by atoms with Gasteiger partial charge in [-0.1, -0.05) is 13.3 Å². The molecule has 3 atom stereocenters. The maximum Gasteiger partial charge on any atom is 0.232 e. The second-order valence-corrected chi connectivity index (χ2v) is 7.06. The van der Waals surface area contributed by atoms with Gasteiger partial charge in [0.2, 0.25) is 5.88 Å². The van der Waals surface area contributed by atoms with Gasteiger partial charge in [0, 0.05) is 12.1 Å². The number of nitrogens with one attached hydrogen (secondary N) is 1. The number of aromatic nitrogens is 7. The Kier molecular flexibility index (Phi) is 3.90. The number of ether oxygens (including phenoxy) is 1. The average Bonchev–Trinajstić information content (AvgIpc) is 3.45. The van der Waals surface area contributed by atoms with E-state index >= 15 is 0 Å². The zero-order valence-electron chi connectivity index (χ0n) is 15.3. The van der Waals surface area contributed by atoms with E-state index in [9.17, 15) is 0 Å². The fourth-order valence-corrected chi connectivity index (χ4v) is 4.18. The molecule has 1 aliphatic rings. The lowest BCUT2D eigenvalue weighted by molar-refractivity contribution is 0.194. The first-order chi connectivity index (χ1) is 13.8. The first-order valence-electron chi connectivity index (χ1n) is 9.32. The van der Waals surface area contributed by atoms with E-state index in [1.165, 1.54) is 12.4 Å². The summed E-state index contributed by atoms with van der Waals surface area (Å²) in [6, 6.07) is 3.96. The van der Waals surface area contributed by atoms with Gasteiger partial charge in [0.05, 0.1) is 24.1 Å². The fourth-order valence-electron chi connectivity index (χ4n) is 4.18. The Labute approximate surface area is 160 Å². The molecule has 4 aromatic heterocycles. The summed E-state index contributed by atoms with van der Waals surface area (Å²) in [6.45, 7) is 2.19. The minimum atomic E-state index is 0.0214. The van der Waals surface area contributed by atoms with Crippen molar-refractivity contribution in [3.05, 3.63) is 42.4 Å². The second kappa shape index (κ2) is 6.56. The summed E-state index contributed by atoms with van der Waals surface area (Å²) in [5, 5.41) is 17.7. The van der Waals surface area contributed by atoms with E-state index in [0.29, 0.717) is 11.8 Å². The fraction of sp³-hybridized carbons (Fsp3) is 0.368. The number of fused-ring (bicyclic) bond motifs is 3. The molecule has 1 aliphatic carbocycles. The SMILES string of the molecule is CC[C@H]1C[C@@H](Oc2cnc(C#N)cn2)C[C@H]1c1nnc2cnc3[nH]ccc3n12. The molecule has 4 aromatic rings. The third-order valence-corrected chi connectivity index (χ3v) is 5.50. The summed E-state index contributed by atoms with van der Waals surface area (Å²) < 4.78 is 8.15. The summed E-state index contributed by atoms with van der Waals surface area (Å²) in [6.07, 6.45) is 9.35. The van der Waals surface area contributed by atoms with E-state index in [4.69, 9.17) is 10.00 Å². The largest absolute Gasteiger partial charge is 0.473 e. The molecule has 5 rings (SSSR count). The molecule has 1 N–H and O–H groups in total. The third kappa shape index (κ3) is 2.65. The van der Waals surface area contributed by atoms with E-state index in [2.05, 4.69) is 41.5 Å². The van der Waals surface area contributed by atoms with Crippen LogP contribution < -0.4 is 4.74 Å². The maximum atomic E-state index is 8.85. The molecule has 4 heterocycles. The smallest absolute Gasteiger partial charge is 0.232 e. The Morgan fingerprint density at radius 2 is 2.14 bits per heavy atom. The number of hydrogen-bond donors (Lipinski definition) is 1. The van der Waals surface area contributed by atoms with Crippen molar-refractivity contribution in [2.24, 2.45) is 5.92 Å². The molecule has 28 heavy (non-hydrogen) atoms. The number of H-pyrrole nitrogens is 1. The average molecular weight is 374 g/mol. The van der Waals surface area contributed by atoms with Crippen molar-refractivity contribution in [1.29, 1.82) is 5.26 Å². The van der Waals surface area contributed by atoms with E-state index in [-0.39, 0.29) is 17.7 Å². The summed E-state index contributed by atoms with van der Waals surface area (Å²) in [4.78, 5) is 15.8. The number of hydrogen-bond acceptors (Lipinski definition) is 7. The lowest BCUT2D eigenvalue weighted by atomic mass is 9.93. The van der Waals surface area contributed by atoms with Gasteiger partial charge in [0.25, 0.3) is 0 Å². The zero-order valence-corrected chi connectivity index (χ0v) is 15.3. The van der Waals surface area contributed by atoms with E-state index in [0.717, 1.165) is 41.9 Å². The summed E-state index contributed by atoms with van der Waals surface area (Å²) >= 11 is 0. The van der Waals surface area contributed by atoms with Gasteiger partial charge in [-0.25, -0.2) is 15.0 Å². The van der Waals surface area contributed by atoms with E-state index in [1.807, 2.05) is 18.3 Å². The molecule has 9 heteroatoms. The molecule has 0 bridgehead atoms. The van der Waals surface area contributed by atoms with Crippen LogP contribution in [-0.2, 0) is 0 Å². The Hall–Kier alpha value is -3.54. The third-order valence-electron chi connectivity index (χ3n) is 5.50. The molecule has 140 valence electrons. The van der Waals surface area contributed by atoms with Crippen LogP contribution in [-0.4, -0.2) is 40.6 Å². The molecular formula is C19H18N8O. The van der Waals surface area contributed by atoms with Crippen molar-refractivity contribution in [1.82, 2.24) is 34.5 Å². The lowest BCUT2D eigenvalue weighted by Crippen LogP contribution is -2.13. The van der Waals surface area contributed by atoms with Crippen molar-refractivity contribution in [2.75, 3.05) is 0 Å². The molecule has 1 saturated carbocycles. The first-order valence-corrected chi connectivity index (χ1v) is 9.32. The van der Waals surface area contributed by atoms with Crippen LogP contribution in [0.15, 0.2) is 30.9 Å². The Morgan fingerprint density at radius 3 is 2.93 bits per heavy atom. The monoisotopic (exact) mass is 374 g/mol. The molecule has 0 aliphatic heterocycles. The van der Waals surface area contributed by atoms with Crippen LogP contribution in [0.2, 0.25) is 0 Å². The number of nitrogens with zero attached hydrogens (tertiary/aromatic N) is 7. The molecular weight excluding hydrogens is 356 g/mol. The maximum absolute atomic E-state index is 8.85.